The minimum absolute atomic E-state index is 0.00394. The van der Waals surface area contributed by atoms with Gasteiger partial charge in [0.1, 0.15) is 0 Å². The fourth-order valence-corrected chi connectivity index (χ4v) is 4.19. The summed E-state index contributed by atoms with van der Waals surface area (Å²) in [4.78, 5) is 23.4. The van der Waals surface area contributed by atoms with E-state index in [1.807, 2.05) is 6.92 Å². The number of nitro benzene ring substituents is 1. The lowest BCUT2D eigenvalue weighted by atomic mass is 9.94. The van der Waals surface area contributed by atoms with Crippen molar-refractivity contribution >= 4 is 21.5 Å². The second-order valence-electron chi connectivity index (χ2n) is 6.94. The van der Waals surface area contributed by atoms with E-state index in [2.05, 4.69) is 11.3 Å². The average molecular weight is 436 g/mol. The second kappa shape index (κ2) is 9.03. The van der Waals surface area contributed by atoms with Gasteiger partial charge in [-0.3, -0.25) is 14.9 Å². The Labute approximate surface area is 180 Å². The molecule has 3 aromatic rings. The van der Waals surface area contributed by atoms with Gasteiger partial charge in [-0.2, -0.15) is 4.72 Å². The highest BCUT2D eigenvalue weighted by Crippen LogP contribution is 2.28. The summed E-state index contributed by atoms with van der Waals surface area (Å²) < 4.78 is 28.5. The molecular weight excluding hydrogens is 416 g/mol. The smallest absolute Gasteiger partial charge is 0.269 e. The maximum absolute atomic E-state index is 13.0. The molecule has 31 heavy (non-hydrogen) atoms. The molecule has 158 valence electrons. The molecule has 0 aromatic heterocycles. The summed E-state index contributed by atoms with van der Waals surface area (Å²) in [6.07, 6.45) is 0. The molecule has 0 spiro atoms. The van der Waals surface area contributed by atoms with Crippen LogP contribution in [0, 0.1) is 17.0 Å². The van der Waals surface area contributed by atoms with Crippen LogP contribution in [0.15, 0.2) is 95.9 Å². The van der Waals surface area contributed by atoms with Crippen molar-refractivity contribution in [2.75, 3.05) is 0 Å². The highest BCUT2D eigenvalue weighted by atomic mass is 32.2. The Morgan fingerprint density at radius 3 is 2.10 bits per heavy atom. The van der Waals surface area contributed by atoms with Crippen molar-refractivity contribution in [1.29, 1.82) is 0 Å². The van der Waals surface area contributed by atoms with E-state index in [0.717, 1.165) is 5.56 Å². The zero-order valence-corrected chi connectivity index (χ0v) is 17.5. The summed E-state index contributed by atoms with van der Waals surface area (Å²) >= 11 is 0. The Kier molecular flexibility index (Phi) is 6.43. The molecule has 7 nitrogen and oxygen atoms in total. The van der Waals surface area contributed by atoms with E-state index >= 15 is 0 Å². The lowest BCUT2D eigenvalue weighted by molar-refractivity contribution is -0.384. The Balaban J connectivity index is 2.01. The van der Waals surface area contributed by atoms with Crippen LogP contribution in [-0.2, 0) is 10.0 Å². The van der Waals surface area contributed by atoms with Crippen LogP contribution in [-0.4, -0.2) is 19.1 Å². The maximum atomic E-state index is 13.0. The van der Waals surface area contributed by atoms with Gasteiger partial charge in [0.2, 0.25) is 10.0 Å². The number of ketones is 1. The number of hydrogen-bond donors (Lipinski definition) is 1. The van der Waals surface area contributed by atoms with Gasteiger partial charge in [0.15, 0.2) is 5.78 Å². The SMILES string of the molecule is C=C(C(=O)c1ccccc1)[C@@H](NS(=O)(=O)c1ccc(C)cc1)c1ccc([N+](=O)[O-])cc1. The number of carbonyl (C=O) groups is 1. The third-order valence-corrected chi connectivity index (χ3v) is 6.16. The highest BCUT2D eigenvalue weighted by Gasteiger charge is 2.28. The Hall–Kier alpha value is -3.62. The van der Waals surface area contributed by atoms with Gasteiger partial charge in [-0.15, -0.1) is 0 Å². The molecule has 0 saturated carbocycles. The van der Waals surface area contributed by atoms with Gasteiger partial charge in [0, 0.05) is 23.3 Å². The topological polar surface area (TPSA) is 106 Å². The molecule has 0 heterocycles. The molecule has 0 aliphatic rings. The molecule has 0 fully saturated rings. The zero-order chi connectivity index (χ0) is 22.6. The van der Waals surface area contributed by atoms with Crippen LogP contribution in [0.5, 0.6) is 0 Å². The number of aryl methyl sites for hydroxylation is 1. The molecule has 0 saturated heterocycles. The highest BCUT2D eigenvalue weighted by molar-refractivity contribution is 7.89. The Morgan fingerprint density at radius 2 is 1.55 bits per heavy atom. The van der Waals surface area contributed by atoms with Gasteiger partial charge in [0.05, 0.1) is 15.9 Å². The minimum atomic E-state index is -4.01. The van der Waals surface area contributed by atoms with Crippen LogP contribution in [0.3, 0.4) is 0 Å². The standard InChI is InChI=1S/C23H20N2O5S/c1-16-8-14-21(15-9-16)31(29,30)24-22(18-10-12-20(13-11-18)25(27)28)17(2)23(26)19-6-4-3-5-7-19/h3-15,22,24H,2H2,1H3/t22-/m1/s1. The van der Waals surface area contributed by atoms with Gasteiger partial charge in [0.25, 0.3) is 5.69 Å². The second-order valence-corrected chi connectivity index (χ2v) is 8.65. The third-order valence-electron chi connectivity index (χ3n) is 4.72. The normalized spacial score (nSPS) is 12.2. The predicted molar refractivity (Wildman–Crippen MR) is 117 cm³/mol. The molecule has 3 rings (SSSR count). The number of nitro groups is 1. The van der Waals surface area contributed by atoms with Crippen molar-refractivity contribution in [3.05, 3.63) is 118 Å². The van der Waals surface area contributed by atoms with Crippen molar-refractivity contribution in [2.45, 2.75) is 17.9 Å². The van der Waals surface area contributed by atoms with Crippen LogP contribution in [0.4, 0.5) is 5.69 Å². The Morgan fingerprint density at radius 1 is 0.968 bits per heavy atom. The monoisotopic (exact) mass is 436 g/mol. The average Bonchev–Trinajstić information content (AvgIpc) is 2.77. The predicted octanol–water partition coefficient (Wildman–Crippen LogP) is 4.36. The number of sulfonamides is 1. The number of nitrogens with one attached hydrogen (secondary N) is 1. The molecule has 0 bridgehead atoms. The maximum Gasteiger partial charge on any atom is 0.269 e. The molecule has 1 atom stereocenters. The number of hydrogen-bond acceptors (Lipinski definition) is 5. The number of benzene rings is 3. The van der Waals surface area contributed by atoms with Crippen LogP contribution < -0.4 is 4.72 Å². The van der Waals surface area contributed by atoms with Gasteiger partial charge in [-0.25, -0.2) is 8.42 Å². The number of Topliss-reactive ketones (excluding diaryl/α,β-unsaturated/α-hetero) is 1. The number of carbonyl (C=O) groups excluding carboxylic acids is 1. The van der Waals surface area contributed by atoms with Crippen molar-refractivity contribution in [3.8, 4) is 0 Å². The van der Waals surface area contributed by atoms with E-state index in [0.29, 0.717) is 11.1 Å². The van der Waals surface area contributed by atoms with E-state index in [4.69, 9.17) is 0 Å². The number of nitrogens with zero attached hydrogens (tertiary/aromatic N) is 1. The van der Waals surface area contributed by atoms with Crippen molar-refractivity contribution < 1.29 is 18.1 Å². The van der Waals surface area contributed by atoms with E-state index in [1.165, 1.54) is 36.4 Å². The summed E-state index contributed by atoms with van der Waals surface area (Å²) in [5.41, 5.74) is 1.46. The van der Waals surface area contributed by atoms with E-state index in [9.17, 15) is 23.3 Å². The molecule has 3 aromatic carbocycles. The first-order chi connectivity index (χ1) is 14.7. The first kappa shape index (κ1) is 22.1. The van der Waals surface area contributed by atoms with Gasteiger partial charge in [-0.1, -0.05) is 66.7 Å². The summed E-state index contributed by atoms with van der Waals surface area (Å²) in [6, 6.07) is 18.8. The molecular formula is C23H20N2O5S. The van der Waals surface area contributed by atoms with Crippen LogP contribution in [0.2, 0.25) is 0 Å². The summed E-state index contributed by atoms with van der Waals surface area (Å²) in [7, 11) is -4.01. The van der Waals surface area contributed by atoms with Gasteiger partial charge < -0.3 is 0 Å². The first-order valence-corrected chi connectivity index (χ1v) is 10.8. The lowest BCUT2D eigenvalue weighted by Crippen LogP contribution is -2.31. The fraction of sp³-hybridized carbons (Fsp3) is 0.0870. The molecule has 8 heteroatoms. The van der Waals surface area contributed by atoms with Crippen molar-refractivity contribution in [2.24, 2.45) is 0 Å². The van der Waals surface area contributed by atoms with Crippen LogP contribution in [0.1, 0.15) is 27.5 Å². The summed E-state index contributed by atoms with van der Waals surface area (Å²) in [5, 5.41) is 11.0. The van der Waals surface area contributed by atoms with Gasteiger partial charge >= 0.3 is 0 Å². The summed E-state index contributed by atoms with van der Waals surface area (Å²) in [6.45, 7) is 5.68. The van der Waals surface area contributed by atoms with E-state index < -0.39 is 26.8 Å². The fourth-order valence-electron chi connectivity index (χ4n) is 2.98. The van der Waals surface area contributed by atoms with E-state index in [-0.39, 0.29) is 16.2 Å². The molecule has 0 aliphatic carbocycles. The zero-order valence-electron chi connectivity index (χ0n) is 16.7. The number of rotatable bonds is 8. The molecule has 0 unspecified atom stereocenters. The Bertz CT molecular complexity index is 1220. The molecule has 0 amide bonds. The molecule has 1 N–H and O–H groups in total. The molecule has 0 radical (unpaired) electrons. The summed E-state index contributed by atoms with van der Waals surface area (Å²) in [5.74, 6) is -0.435. The van der Waals surface area contributed by atoms with Gasteiger partial charge in [-0.05, 0) is 24.6 Å². The first-order valence-electron chi connectivity index (χ1n) is 9.31. The van der Waals surface area contributed by atoms with Crippen LogP contribution >= 0.6 is 0 Å². The lowest BCUT2D eigenvalue weighted by Gasteiger charge is -2.21. The van der Waals surface area contributed by atoms with Crippen molar-refractivity contribution in [3.63, 3.8) is 0 Å². The van der Waals surface area contributed by atoms with Crippen LogP contribution in [0.25, 0.3) is 0 Å². The molecule has 0 aliphatic heterocycles. The number of non-ortho nitro benzene ring substituents is 1. The largest absolute Gasteiger partial charge is 0.289 e. The van der Waals surface area contributed by atoms with E-state index in [1.54, 1.807) is 42.5 Å². The minimum Gasteiger partial charge on any atom is -0.289 e. The van der Waals surface area contributed by atoms with Crippen molar-refractivity contribution in [1.82, 2.24) is 4.72 Å². The quantitative estimate of drug-likeness (QED) is 0.244. The third kappa shape index (κ3) is 5.11.